The Kier molecular flexibility index (Phi) is 5.04. The first-order chi connectivity index (χ1) is 8.81. The molecule has 0 radical (unpaired) electrons. The normalized spacial score (nSPS) is 24.2. The number of halogens is 1. The van der Waals surface area contributed by atoms with E-state index < -0.39 is 0 Å². The van der Waals surface area contributed by atoms with E-state index >= 15 is 0 Å². The van der Waals surface area contributed by atoms with E-state index in [-0.39, 0.29) is 5.92 Å². The summed E-state index contributed by atoms with van der Waals surface area (Å²) >= 11 is 6.14. The molecular formula is C15H19ClN2. The second-order valence-corrected chi connectivity index (χ2v) is 5.36. The fourth-order valence-electron chi connectivity index (χ4n) is 2.59. The third-order valence-electron chi connectivity index (χ3n) is 3.69. The van der Waals surface area contributed by atoms with Crippen LogP contribution in [0.1, 0.15) is 37.7 Å². The number of nitrogens with one attached hydrogen (secondary N) is 1. The zero-order valence-corrected chi connectivity index (χ0v) is 11.3. The van der Waals surface area contributed by atoms with E-state index in [0.717, 1.165) is 30.0 Å². The van der Waals surface area contributed by atoms with E-state index in [0.29, 0.717) is 6.04 Å². The molecule has 0 spiro atoms. The summed E-state index contributed by atoms with van der Waals surface area (Å²) in [6, 6.07) is 10.6. The number of nitrogens with zero attached hydrogens (tertiary/aromatic N) is 1. The van der Waals surface area contributed by atoms with Crippen LogP contribution in [0.3, 0.4) is 0 Å². The lowest BCUT2D eigenvalue weighted by atomic mass is 9.96. The van der Waals surface area contributed by atoms with E-state index in [1.807, 2.05) is 24.3 Å². The Morgan fingerprint density at radius 1 is 1.22 bits per heavy atom. The van der Waals surface area contributed by atoms with Crippen molar-refractivity contribution in [3.8, 4) is 6.07 Å². The fourth-order valence-corrected chi connectivity index (χ4v) is 2.79. The minimum atomic E-state index is 0.148. The summed E-state index contributed by atoms with van der Waals surface area (Å²) in [7, 11) is 0. The smallest absolute Gasteiger partial charge is 0.0672 e. The van der Waals surface area contributed by atoms with Crippen LogP contribution in [0.2, 0.25) is 5.02 Å². The van der Waals surface area contributed by atoms with Crippen LogP contribution in [0.4, 0.5) is 0 Å². The van der Waals surface area contributed by atoms with E-state index in [1.165, 1.54) is 19.3 Å². The molecule has 0 amide bonds. The van der Waals surface area contributed by atoms with Crippen molar-refractivity contribution in [3.63, 3.8) is 0 Å². The summed E-state index contributed by atoms with van der Waals surface area (Å²) in [5.74, 6) is 0.148. The molecule has 1 aromatic carbocycles. The van der Waals surface area contributed by atoms with E-state index in [9.17, 15) is 5.26 Å². The van der Waals surface area contributed by atoms with Gasteiger partial charge in [-0.2, -0.15) is 5.26 Å². The molecule has 1 saturated carbocycles. The minimum absolute atomic E-state index is 0.148. The van der Waals surface area contributed by atoms with Crippen LogP contribution in [-0.4, -0.2) is 6.04 Å². The molecule has 1 aromatic rings. The largest absolute Gasteiger partial charge is 0.309 e. The standard InChI is InChI=1S/C15H19ClN2/c16-14-8-5-4-7-13(14)11-18-15-9-3-1-2-6-12(15)10-17/h4-5,7-8,12,15,18H,1-3,6,9,11H2. The number of hydrogen-bond acceptors (Lipinski definition) is 2. The van der Waals surface area contributed by atoms with Gasteiger partial charge in [-0.3, -0.25) is 0 Å². The molecule has 0 bridgehead atoms. The SMILES string of the molecule is N#CC1CCCCCC1NCc1ccccc1Cl. The molecule has 2 nitrogen and oxygen atoms in total. The molecule has 3 heteroatoms. The lowest BCUT2D eigenvalue weighted by Gasteiger charge is -2.21. The minimum Gasteiger partial charge on any atom is -0.309 e. The van der Waals surface area contributed by atoms with Gasteiger partial charge in [0.1, 0.15) is 0 Å². The Morgan fingerprint density at radius 3 is 2.78 bits per heavy atom. The Labute approximate surface area is 114 Å². The zero-order chi connectivity index (χ0) is 12.8. The highest BCUT2D eigenvalue weighted by atomic mass is 35.5. The van der Waals surface area contributed by atoms with Crippen LogP contribution in [0, 0.1) is 17.2 Å². The van der Waals surface area contributed by atoms with Crippen molar-refractivity contribution < 1.29 is 0 Å². The van der Waals surface area contributed by atoms with Crippen molar-refractivity contribution in [2.75, 3.05) is 0 Å². The summed E-state index contributed by atoms with van der Waals surface area (Å²) in [5.41, 5.74) is 1.11. The van der Waals surface area contributed by atoms with E-state index in [4.69, 9.17) is 11.6 Å². The third kappa shape index (κ3) is 3.48. The van der Waals surface area contributed by atoms with Crippen LogP contribution < -0.4 is 5.32 Å². The lowest BCUT2D eigenvalue weighted by molar-refractivity contribution is 0.393. The average Bonchev–Trinajstić information content (AvgIpc) is 2.62. The van der Waals surface area contributed by atoms with Gasteiger partial charge >= 0.3 is 0 Å². The summed E-state index contributed by atoms with van der Waals surface area (Å²) in [6.45, 7) is 0.753. The number of benzene rings is 1. The number of nitriles is 1. The highest BCUT2D eigenvalue weighted by Gasteiger charge is 2.22. The molecule has 2 atom stereocenters. The van der Waals surface area contributed by atoms with Crippen LogP contribution >= 0.6 is 11.6 Å². The number of rotatable bonds is 3. The summed E-state index contributed by atoms with van der Waals surface area (Å²) < 4.78 is 0. The molecule has 18 heavy (non-hydrogen) atoms. The molecule has 0 aliphatic heterocycles. The summed E-state index contributed by atoms with van der Waals surface area (Å²) in [6.07, 6.45) is 5.78. The Balaban J connectivity index is 1.96. The molecule has 1 aliphatic rings. The van der Waals surface area contributed by atoms with E-state index in [1.54, 1.807) is 0 Å². The Morgan fingerprint density at radius 2 is 2.00 bits per heavy atom. The maximum absolute atomic E-state index is 9.22. The zero-order valence-electron chi connectivity index (χ0n) is 10.5. The van der Waals surface area contributed by atoms with Gasteiger partial charge in [0.25, 0.3) is 0 Å². The first-order valence-electron chi connectivity index (χ1n) is 6.67. The highest BCUT2D eigenvalue weighted by molar-refractivity contribution is 6.31. The maximum Gasteiger partial charge on any atom is 0.0672 e. The van der Waals surface area contributed by atoms with Gasteiger partial charge in [-0.05, 0) is 24.5 Å². The van der Waals surface area contributed by atoms with E-state index in [2.05, 4.69) is 11.4 Å². The predicted molar refractivity (Wildman–Crippen MR) is 74.3 cm³/mol. The molecular weight excluding hydrogens is 244 g/mol. The molecule has 2 unspecified atom stereocenters. The first kappa shape index (κ1) is 13.4. The van der Waals surface area contributed by atoms with Crippen LogP contribution in [0.15, 0.2) is 24.3 Å². The van der Waals surface area contributed by atoms with Gasteiger partial charge < -0.3 is 5.32 Å². The fraction of sp³-hybridized carbons (Fsp3) is 0.533. The summed E-state index contributed by atoms with van der Waals surface area (Å²) in [5, 5.41) is 13.5. The average molecular weight is 263 g/mol. The van der Waals surface area contributed by atoms with Gasteiger partial charge in [0.05, 0.1) is 12.0 Å². The Bertz CT molecular complexity index is 425. The number of hydrogen-bond donors (Lipinski definition) is 1. The molecule has 0 saturated heterocycles. The predicted octanol–water partition coefficient (Wildman–Crippen LogP) is 3.90. The van der Waals surface area contributed by atoms with Crippen molar-refractivity contribution in [2.45, 2.75) is 44.7 Å². The molecule has 2 rings (SSSR count). The first-order valence-corrected chi connectivity index (χ1v) is 7.05. The molecule has 0 aromatic heterocycles. The van der Waals surface area contributed by atoms with Gasteiger partial charge in [0.2, 0.25) is 0 Å². The maximum atomic E-state index is 9.22. The van der Waals surface area contributed by atoms with Crippen molar-refractivity contribution in [1.29, 1.82) is 5.26 Å². The van der Waals surface area contributed by atoms with Gasteiger partial charge in [0.15, 0.2) is 0 Å². The third-order valence-corrected chi connectivity index (χ3v) is 4.06. The van der Waals surface area contributed by atoms with Crippen molar-refractivity contribution in [3.05, 3.63) is 34.9 Å². The quantitative estimate of drug-likeness (QED) is 0.839. The van der Waals surface area contributed by atoms with Crippen molar-refractivity contribution in [1.82, 2.24) is 5.32 Å². The van der Waals surface area contributed by atoms with Gasteiger partial charge in [-0.1, -0.05) is 49.1 Å². The molecule has 1 aliphatic carbocycles. The topological polar surface area (TPSA) is 35.8 Å². The molecule has 0 heterocycles. The van der Waals surface area contributed by atoms with Gasteiger partial charge in [0, 0.05) is 17.6 Å². The monoisotopic (exact) mass is 262 g/mol. The second kappa shape index (κ2) is 6.78. The lowest BCUT2D eigenvalue weighted by Crippen LogP contribution is -2.34. The van der Waals surface area contributed by atoms with Crippen molar-refractivity contribution >= 4 is 11.6 Å². The summed E-state index contributed by atoms with van der Waals surface area (Å²) in [4.78, 5) is 0. The van der Waals surface area contributed by atoms with Crippen LogP contribution in [-0.2, 0) is 6.54 Å². The molecule has 96 valence electrons. The van der Waals surface area contributed by atoms with Crippen LogP contribution in [0.25, 0.3) is 0 Å². The molecule has 1 fully saturated rings. The van der Waals surface area contributed by atoms with Crippen molar-refractivity contribution in [2.24, 2.45) is 5.92 Å². The van der Waals surface area contributed by atoms with Gasteiger partial charge in [-0.25, -0.2) is 0 Å². The Hall–Kier alpha value is -1.04. The second-order valence-electron chi connectivity index (χ2n) is 4.95. The molecule has 1 N–H and O–H groups in total. The van der Waals surface area contributed by atoms with Gasteiger partial charge in [-0.15, -0.1) is 0 Å². The van der Waals surface area contributed by atoms with Crippen LogP contribution in [0.5, 0.6) is 0 Å². The highest BCUT2D eigenvalue weighted by Crippen LogP contribution is 2.24.